The molecule has 4 atom stereocenters. The molecule has 0 bridgehead atoms. The fourth-order valence-electron chi connectivity index (χ4n) is 4.71. The normalized spacial score (nSPS) is 25.6. The summed E-state index contributed by atoms with van der Waals surface area (Å²) in [5, 5.41) is 10.9. The molecule has 4 rings (SSSR count). The minimum absolute atomic E-state index is 0.180. The summed E-state index contributed by atoms with van der Waals surface area (Å²) >= 11 is 0. The highest BCUT2D eigenvalue weighted by molar-refractivity contribution is 5.92. The highest BCUT2D eigenvalue weighted by Crippen LogP contribution is 2.52. The number of esters is 1. The van der Waals surface area contributed by atoms with E-state index in [1.54, 1.807) is 13.0 Å². The first kappa shape index (κ1) is 18.6. The number of carbonyl (C=O) groups excluding carboxylic acids is 3. The Morgan fingerprint density at radius 3 is 2.29 bits per heavy atom. The van der Waals surface area contributed by atoms with Crippen LogP contribution in [-0.4, -0.2) is 30.3 Å². The smallest absolute Gasteiger partial charge is 0.310 e. The molecule has 144 valence electrons. The Morgan fingerprint density at radius 2 is 1.64 bits per heavy atom. The fraction of sp³-hybridized carbons (Fsp3) is 0.348. The first-order valence-corrected chi connectivity index (χ1v) is 9.38. The van der Waals surface area contributed by atoms with E-state index in [-0.39, 0.29) is 24.4 Å². The number of hydrogen-bond acceptors (Lipinski definition) is 5. The van der Waals surface area contributed by atoms with Crippen LogP contribution in [-0.2, 0) is 9.53 Å². The van der Waals surface area contributed by atoms with Gasteiger partial charge in [-0.1, -0.05) is 18.2 Å². The molecule has 2 aliphatic rings. The van der Waals surface area contributed by atoms with Crippen molar-refractivity contribution in [3.63, 3.8) is 0 Å². The second-order valence-electron chi connectivity index (χ2n) is 7.88. The second-order valence-corrected chi connectivity index (χ2v) is 7.88. The van der Waals surface area contributed by atoms with Crippen molar-refractivity contribution in [3.8, 4) is 0 Å². The van der Waals surface area contributed by atoms with E-state index >= 15 is 0 Å². The van der Waals surface area contributed by atoms with Crippen LogP contribution in [0, 0.1) is 32.6 Å². The van der Waals surface area contributed by atoms with Crippen molar-refractivity contribution in [2.45, 2.75) is 32.8 Å². The van der Waals surface area contributed by atoms with Crippen molar-refractivity contribution in [1.82, 2.24) is 0 Å². The molecule has 1 aliphatic heterocycles. The quantitative estimate of drug-likeness (QED) is 0.655. The number of carbonyl (C=O) groups is 3. The molecule has 0 radical (unpaired) electrons. The highest BCUT2D eigenvalue weighted by atomic mass is 16.5. The molecule has 5 heteroatoms. The fourth-order valence-corrected chi connectivity index (χ4v) is 4.71. The standard InChI is InChI=1S/C23H22O5/c1-11-5-16-17(6-12(11)2)22(26)19-10-28-23(27)21(19)20(16)14-4-13(3)18(9-25)15(7-14)8-24/h4-9,19-22,26H,10H2,1-3H3/t19-,20?,21?,22-/m0/s1. The third-order valence-corrected chi connectivity index (χ3v) is 6.31. The van der Waals surface area contributed by atoms with Crippen LogP contribution in [0.15, 0.2) is 24.3 Å². The highest BCUT2D eigenvalue weighted by Gasteiger charge is 2.51. The maximum atomic E-state index is 12.6. The topological polar surface area (TPSA) is 80.7 Å². The molecule has 1 aliphatic carbocycles. The lowest BCUT2D eigenvalue weighted by Gasteiger charge is -2.37. The average Bonchev–Trinajstić information content (AvgIpc) is 3.05. The summed E-state index contributed by atoms with van der Waals surface area (Å²) in [5.41, 5.74) is 5.97. The Hall–Kier alpha value is -2.79. The Morgan fingerprint density at radius 1 is 0.964 bits per heavy atom. The van der Waals surface area contributed by atoms with Gasteiger partial charge >= 0.3 is 5.97 Å². The molecular weight excluding hydrogens is 356 g/mol. The van der Waals surface area contributed by atoms with Crippen molar-refractivity contribution >= 4 is 18.5 Å². The first-order chi connectivity index (χ1) is 13.4. The van der Waals surface area contributed by atoms with Crippen LogP contribution in [0.25, 0.3) is 0 Å². The summed E-state index contributed by atoms with van der Waals surface area (Å²) < 4.78 is 5.32. The van der Waals surface area contributed by atoms with Crippen LogP contribution in [0.4, 0.5) is 0 Å². The van der Waals surface area contributed by atoms with Crippen LogP contribution in [0.1, 0.15) is 66.1 Å². The van der Waals surface area contributed by atoms with E-state index in [1.807, 2.05) is 32.0 Å². The number of benzene rings is 2. The third kappa shape index (κ3) is 2.61. The maximum Gasteiger partial charge on any atom is 0.310 e. The summed E-state index contributed by atoms with van der Waals surface area (Å²) in [5.74, 6) is -1.53. The van der Waals surface area contributed by atoms with Gasteiger partial charge in [0.25, 0.3) is 0 Å². The van der Waals surface area contributed by atoms with Gasteiger partial charge in [0.05, 0.1) is 18.6 Å². The Labute approximate surface area is 163 Å². The van der Waals surface area contributed by atoms with Crippen molar-refractivity contribution in [2.75, 3.05) is 6.61 Å². The van der Waals surface area contributed by atoms with Crippen molar-refractivity contribution in [3.05, 3.63) is 68.8 Å². The van der Waals surface area contributed by atoms with Gasteiger partial charge in [-0.05, 0) is 60.2 Å². The van der Waals surface area contributed by atoms with E-state index in [1.165, 1.54) is 0 Å². The molecule has 0 amide bonds. The van der Waals surface area contributed by atoms with Crippen molar-refractivity contribution in [1.29, 1.82) is 0 Å². The number of hydrogen-bond donors (Lipinski definition) is 1. The molecule has 0 aromatic heterocycles. The molecule has 1 fully saturated rings. The van der Waals surface area contributed by atoms with Crippen LogP contribution in [0.3, 0.4) is 0 Å². The zero-order valence-corrected chi connectivity index (χ0v) is 16.1. The van der Waals surface area contributed by atoms with Crippen LogP contribution in [0.2, 0.25) is 0 Å². The third-order valence-electron chi connectivity index (χ3n) is 6.31. The minimum atomic E-state index is -0.775. The van der Waals surface area contributed by atoms with Crippen LogP contribution >= 0.6 is 0 Å². The van der Waals surface area contributed by atoms with E-state index in [0.717, 1.165) is 27.8 Å². The number of aliphatic hydroxyl groups is 1. The molecular formula is C23H22O5. The molecule has 0 saturated carbocycles. The van der Waals surface area contributed by atoms with Gasteiger partial charge in [0.2, 0.25) is 0 Å². The summed E-state index contributed by atoms with van der Waals surface area (Å²) in [4.78, 5) is 35.6. The lowest BCUT2D eigenvalue weighted by Crippen LogP contribution is -2.35. The predicted octanol–water partition coefficient (Wildman–Crippen LogP) is 3.20. The largest absolute Gasteiger partial charge is 0.465 e. The molecule has 2 unspecified atom stereocenters. The van der Waals surface area contributed by atoms with E-state index < -0.39 is 12.0 Å². The summed E-state index contributed by atoms with van der Waals surface area (Å²) in [7, 11) is 0. The minimum Gasteiger partial charge on any atom is -0.465 e. The number of aryl methyl sites for hydroxylation is 3. The van der Waals surface area contributed by atoms with Crippen molar-refractivity contribution < 1.29 is 24.2 Å². The van der Waals surface area contributed by atoms with E-state index in [0.29, 0.717) is 29.3 Å². The van der Waals surface area contributed by atoms with E-state index in [4.69, 9.17) is 4.74 Å². The molecule has 5 nitrogen and oxygen atoms in total. The summed E-state index contributed by atoms with van der Waals surface area (Å²) in [6.07, 6.45) is 0.577. The van der Waals surface area contributed by atoms with E-state index in [2.05, 4.69) is 0 Å². The molecule has 28 heavy (non-hydrogen) atoms. The van der Waals surface area contributed by atoms with E-state index in [9.17, 15) is 19.5 Å². The van der Waals surface area contributed by atoms with Gasteiger partial charge in [0.15, 0.2) is 12.6 Å². The zero-order chi connectivity index (χ0) is 20.2. The van der Waals surface area contributed by atoms with Gasteiger partial charge in [-0.15, -0.1) is 0 Å². The second kappa shape index (κ2) is 6.67. The Balaban J connectivity index is 1.99. The zero-order valence-electron chi connectivity index (χ0n) is 16.1. The number of ether oxygens (including phenoxy) is 1. The van der Waals surface area contributed by atoms with Gasteiger partial charge in [-0.25, -0.2) is 0 Å². The average molecular weight is 378 g/mol. The van der Waals surface area contributed by atoms with Gasteiger partial charge in [0.1, 0.15) is 0 Å². The molecule has 0 spiro atoms. The first-order valence-electron chi connectivity index (χ1n) is 9.38. The lowest BCUT2D eigenvalue weighted by molar-refractivity contribution is -0.141. The lowest BCUT2D eigenvalue weighted by atomic mass is 9.65. The van der Waals surface area contributed by atoms with Gasteiger partial charge in [-0.3, -0.25) is 14.4 Å². The summed E-state index contributed by atoms with van der Waals surface area (Å²) in [6.45, 7) is 5.95. The maximum absolute atomic E-state index is 12.6. The number of fused-ring (bicyclic) bond motifs is 2. The number of cyclic esters (lactones) is 1. The number of aliphatic hydroxyl groups excluding tert-OH is 1. The molecule has 2 aromatic carbocycles. The molecule has 2 aromatic rings. The molecule has 1 saturated heterocycles. The van der Waals surface area contributed by atoms with Gasteiger partial charge < -0.3 is 9.84 Å². The number of rotatable bonds is 3. The summed E-state index contributed by atoms with van der Waals surface area (Å²) in [6, 6.07) is 7.55. The van der Waals surface area contributed by atoms with Crippen LogP contribution in [0.5, 0.6) is 0 Å². The molecule has 1 heterocycles. The van der Waals surface area contributed by atoms with Gasteiger partial charge in [0, 0.05) is 23.0 Å². The van der Waals surface area contributed by atoms with Crippen molar-refractivity contribution in [2.24, 2.45) is 11.8 Å². The number of aldehydes is 2. The SMILES string of the molecule is Cc1cc2c(cc1C)[C@H](O)[C@H]1COC(=O)C1C2c1cc(C)c(C=O)c(C=O)c1. The van der Waals surface area contributed by atoms with Gasteiger partial charge in [-0.2, -0.15) is 0 Å². The monoisotopic (exact) mass is 378 g/mol. The Bertz CT molecular complexity index is 1010. The van der Waals surface area contributed by atoms with Crippen LogP contribution < -0.4 is 0 Å². The Kier molecular flexibility index (Phi) is 4.42. The predicted molar refractivity (Wildman–Crippen MR) is 103 cm³/mol. The molecule has 1 N–H and O–H groups in total.